The average molecular weight is 799 g/mol. The molecule has 5 heteroatoms. The summed E-state index contributed by atoms with van der Waals surface area (Å²) in [5, 5.41) is 2.00. The summed E-state index contributed by atoms with van der Waals surface area (Å²) in [7, 11) is 0. The summed E-state index contributed by atoms with van der Waals surface area (Å²) in [6, 6.07) is 64.5. The Hall–Kier alpha value is -7.63. The lowest BCUT2D eigenvalue weighted by molar-refractivity contribution is 0.660. The van der Waals surface area contributed by atoms with Crippen LogP contribution in [0.2, 0.25) is 0 Å². The molecule has 2 aliphatic rings. The zero-order valence-corrected chi connectivity index (χ0v) is 35.0. The first-order chi connectivity index (χ1) is 30.3. The molecule has 5 nitrogen and oxygen atoms in total. The number of para-hydroxylation sites is 1. The fourth-order valence-electron chi connectivity index (χ4n) is 10.4. The second kappa shape index (κ2) is 13.4. The minimum absolute atomic E-state index is 0.197. The average Bonchev–Trinajstić information content (AvgIpc) is 3.90. The summed E-state index contributed by atoms with van der Waals surface area (Å²) >= 11 is 0. The number of nitrogens with zero attached hydrogens (tertiary/aromatic N) is 4. The Morgan fingerprint density at radius 3 is 1.85 bits per heavy atom. The molecule has 0 saturated carbocycles. The van der Waals surface area contributed by atoms with E-state index in [1.807, 2.05) is 24.3 Å². The van der Waals surface area contributed by atoms with Crippen molar-refractivity contribution in [3.8, 4) is 56.2 Å². The Labute approximate surface area is 361 Å². The van der Waals surface area contributed by atoms with Crippen LogP contribution in [0.15, 0.2) is 186 Å². The minimum atomic E-state index is -0.312. The smallest absolute Gasteiger partial charge is 0.238 e. The van der Waals surface area contributed by atoms with E-state index in [-0.39, 0.29) is 10.8 Å². The molecule has 0 bridgehead atoms. The third-order valence-corrected chi connectivity index (χ3v) is 13.3. The van der Waals surface area contributed by atoms with E-state index >= 15 is 0 Å². The molecule has 62 heavy (non-hydrogen) atoms. The standard InChI is InChI=1S/C57H42N4O/c1-56(2)45-29-12-9-23-40(45)50-42(26-15-30-46(50)56)53-58-54(43-27-17-33-49-51(43)41-24-10-13-32-48(41)62-49)60-55(59-53)61(37-21-14-20-36(34-37)35-18-6-5-7-19-35)47-31-16-25-39-38-22-8-11-28-44(38)57(3,4)52(39)47/h5-34H,1-4H3. The lowest BCUT2D eigenvalue weighted by atomic mass is 9.81. The highest BCUT2D eigenvalue weighted by Crippen LogP contribution is 2.55. The third-order valence-electron chi connectivity index (χ3n) is 13.3. The van der Waals surface area contributed by atoms with Crippen LogP contribution in [-0.4, -0.2) is 15.0 Å². The van der Waals surface area contributed by atoms with Crippen molar-refractivity contribution in [2.24, 2.45) is 0 Å². The summed E-state index contributed by atoms with van der Waals surface area (Å²) in [4.78, 5) is 18.9. The number of rotatable bonds is 6. The molecule has 0 aliphatic heterocycles. The van der Waals surface area contributed by atoms with Crippen LogP contribution in [0.4, 0.5) is 17.3 Å². The first-order valence-corrected chi connectivity index (χ1v) is 21.4. The lowest BCUT2D eigenvalue weighted by Crippen LogP contribution is -2.22. The molecule has 2 aromatic heterocycles. The fraction of sp³-hybridized carbons (Fsp3) is 0.105. The van der Waals surface area contributed by atoms with Crippen molar-refractivity contribution in [3.05, 3.63) is 204 Å². The van der Waals surface area contributed by atoms with Gasteiger partial charge in [0.25, 0.3) is 0 Å². The summed E-state index contributed by atoms with van der Waals surface area (Å²) < 4.78 is 6.45. The Balaban J connectivity index is 1.18. The van der Waals surface area contributed by atoms with Gasteiger partial charge in [0, 0.05) is 38.4 Å². The first kappa shape index (κ1) is 36.2. The van der Waals surface area contributed by atoms with Crippen LogP contribution in [-0.2, 0) is 10.8 Å². The summed E-state index contributed by atoms with van der Waals surface area (Å²) in [5.41, 5.74) is 17.1. The fourth-order valence-corrected chi connectivity index (χ4v) is 10.4. The van der Waals surface area contributed by atoms with Gasteiger partial charge in [0.2, 0.25) is 5.95 Å². The maximum atomic E-state index is 6.45. The highest BCUT2D eigenvalue weighted by atomic mass is 16.3. The summed E-state index contributed by atoms with van der Waals surface area (Å²) in [6.45, 7) is 9.30. The summed E-state index contributed by atoms with van der Waals surface area (Å²) in [6.07, 6.45) is 0. The Morgan fingerprint density at radius 2 is 1.02 bits per heavy atom. The van der Waals surface area contributed by atoms with E-state index in [0.29, 0.717) is 17.6 Å². The van der Waals surface area contributed by atoms with E-state index in [1.165, 1.54) is 38.9 Å². The van der Waals surface area contributed by atoms with Gasteiger partial charge < -0.3 is 4.42 Å². The Bertz CT molecular complexity index is 3430. The molecular formula is C57H42N4O. The van der Waals surface area contributed by atoms with Gasteiger partial charge in [-0.2, -0.15) is 9.97 Å². The molecule has 0 radical (unpaired) electrons. The number of furan rings is 1. The lowest BCUT2D eigenvalue weighted by Gasteiger charge is -2.31. The molecule has 10 aromatic rings. The van der Waals surface area contributed by atoms with Gasteiger partial charge in [-0.05, 0) is 86.0 Å². The van der Waals surface area contributed by atoms with Crippen molar-refractivity contribution in [1.82, 2.24) is 15.0 Å². The highest BCUT2D eigenvalue weighted by molar-refractivity contribution is 6.12. The van der Waals surface area contributed by atoms with Gasteiger partial charge in [-0.3, -0.25) is 4.90 Å². The molecule has 0 atom stereocenters. The maximum absolute atomic E-state index is 6.45. The van der Waals surface area contributed by atoms with Gasteiger partial charge in [-0.1, -0.05) is 179 Å². The van der Waals surface area contributed by atoms with Gasteiger partial charge in [0.1, 0.15) is 11.2 Å². The Morgan fingerprint density at radius 1 is 0.435 bits per heavy atom. The minimum Gasteiger partial charge on any atom is -0.456 e. The van der Waals surface area contributed by atoms with E-state index in [9.17, 15) is 0 Å². The number of hydrogen-bond acceptors (Lipinski definition) is 5. The number of aromatic nitrogens is 3. The zero-order chi connectivity index (χ0) is 41.7. The van der Waals surface area contributed by atoms with Gasteiger partial charge in [-0.25, -0.2) is 4.98 Å². The number of hydrogen-bond donors (Lipinski definition) is 0. The van der Waals surface area contributed by atoms with E-state index in [4.69, 9.17) is 19.4 Å². The predicted molar refractivity (Wildman–Crippen MR) is 253 cm³/mol. The number of fused-ring (bicyclic) bond motifs is 9. The molecule has 296 valence electrons. The SMILES string of the molecule is CC1(C)c2ccccc2-c2c(-c3nc(-c4cccc5oc6ccccc6c45)nc(N(c4cccc(-c5ccccc5)c4)c4cccc5c4C(C)(C)c4ccccc4-5)n3)cccc21. The van der Waals surface area contributed by atoms with E-state index in [0.717, 1.165) is 61.1 Å². The van der Waals surface area contributed by atoms with Crippen LogP contribution in [0.3, 0.4) is 0 Å². The van der Waals surface area contributed by atoms with Crippen molar-refractivity contribution in [2.75, 3.05) is 4.90 Å². The largest absolute Gasteiger partial charge is 0.456 e. The molecule has 12 rings (SSSR count). The molecule has 2 heterocycles. The van der Waals surface area contributed by atoms with Crippen molar-refractivity contribution in [2.45, 2.75) is 38.5 Å². The summed E-state index contributed by atoms with van der Waals surface area (Å²) in [5.74, 6) is 1.71. The zero-order valence-electron chi connectivity index (χ0n) is 35.0. The molecule has 0 amide bonds. The van der Waals surface area contributed by atoms with Gasteiger partial charge in [0.15, 0.2) is 11.6 Å². The monoisotopic (exact) mass is 798 g/mol. The molecule has 0 fully saturated rings. The molecule has 8 aromatic carbocycles. The number of anilines is 3. The molecule has 0 saturated heterocycles. The van der Waals surface area contributed by atoms with Gasteiger partial charge in [0.05, 0.1) is 5.69 Å². The van der Waals surface area contributed by atoms with Crippen molar-refractivity contribution in [3.63, 3.8) is 0 Å². The van der Waals surface area contributed by atoms with E-state index in [2.05, 4.69) is 190 Å². The van der Waals surface area contributed by atoms with Crippen molar-refractivity contribution >= 4 is 39.3 Å². The predicted octanol–water partition coefficient (Wildman–Crippen LogP) is 14.9. The van der Waals surface area contributed by atoms with Gasteiger partial charge in [-0.15, -0.1) is 0 Å². The molecule has 0 spiro atoms. The third kappa shape index (κ3) is 5.31. The molecule has 0 unspecified atom stereocenters. The topological polar surface area (TPSA) is 55.1 Å². The first-order valence-electron chi connectivity index (χ1n) is 21.4. The Kier molecular flexibility index (Phi) is 7.85. The molecule has 0 N–H and O–H groups in total. The second-order valence-electron chi connectivity index (χ2n) is 17.6. The second-order valence-corrected chi connectivity index (χ2v) is 17.6. The quantitative estimate of drug-likeness (QED) is 0.168. The highest BCUT2D eigenvalue weighted by Gasteiger charge is 2.40. The van der Waals surface area contributed by atoms with E-state index in [1.54, 1.807) is 0 Å². The van der Waals surface area contributed by atoms with Crippen LogP contribution in [0, 0.1) is 0 Å². The van der Waals surface area contributed by atoms with E-state index < -0.39 is 0 Å². The van der Waals surface area contributed by atoms with Crippen LogP contribution in [0.25, 0.3) is 78.1 Å². The van der Waals surface area contributed by atoms with Crippen LogP contribution in [0.1, 0.15) is 49.9 Å². The number of benzene rings is 8. The normalized spacial score (nSPS) is 14.1. The van der Waals surface area contributed by atoms with Crippen LogP contribution >= 0.6 is 0 Å². The van der Waals surface area contributed by atoms with Crippen molar-refractivity contribution < 1.29 is 4.42 Å². The molecule has 2 aliphatic carbocycles. The molecular weight excluding hydrogens is 757 g/mol. The van der Waals surface area contributed by atoms with Crippen LogP contribution < -0.4 is 4.90 Å². The maximum Gasteiger partial charge on any atom is 0.238 e. The van der Waals surface area contributed by atoms with Crippen LogP contribution in [0.5, 0.6) is 0 Å². The van der Waals surface area contributed by atoms with Gasteiger partial charge >= 0.3 is 0 Å². The van der Waals surface area contributed by atoms with Crippen molar-refractivity contribution in [1.29, 1.82) is 0 Å².